The lowest BCUT2D eigenvalue weighted by Gasteiger charge is -2.18. The maximum atomic E-state index is 10.9. The second-order valence-corrected chi connectivity index (χ2v) is 6.89. The molecule has 0 spiro atoms. The van der Waals surface area contributed by atoms with E-state index < -0.39 is 0 Å². The minimum absolute atomic E-state index is 0.222. The maximum absolute atomic E-state index is 10.9. The molecule has 0 fully saturated rings. The molecule has 4 nitrogen and oxygen atoms in total. The smallest absolute Gasteiger partial charge is 0.212 e. The van der Waals surface area contributed by atoms with Gasteiger partial charge in [0.25, 0.3) is 0 Å². The number of carbonyl (C=O) groups excluding carboxylic acids is 1. The Hall–Kier alpha value is -2.46. The van der Waals surface area contributed by atoms with Crippen molar-refractivity contribution in [2.24, 2.45) is 0 Å². The zero-order valence-corrected chi connectivity index (χ0v) is 15.8. The van der Waals surface area contributed by atoms with E-state index in [2.05, 4.69) is 41.3 Å². The fraction of sp³-hybridized carbons (Fsp3) is 0.286. The predicted octanol–water partition coefficient (Wildman–Crippen LogP) is 5.15. The largest absolute Gasteiger partial charge is 0.313 e. The molecular formula is C21H22ClN3O. The topological polar surface area (TPSA) is 54.9 Å². The van der Waals surface area contributed by atoms with Crippen LogP contribution in [-0.2, 0) is 17.6 Å². The summed E-state index contributed by atoms with van der Waals surface area (Å²) in [6, 6.07) is 12.1. The summed E-state index contributed by atoms with van der Waals surface area (Å²) in [6.45, 7) is 4.34. The minimum Gasteiger partial charge on any atom is -0.313 e. The number of aryl methyl sites for hydroxylation is 1. The number of fused-ring (bicyclic) bond motifs is 1. The Morgan fingerprint density at radius 1 is 1.23 bits per heavy atom. The number of nitrogens with zero attached hydrogens (tertiary/aromatic N) is 2. The van der Waals surface area contributed by atoms with Gasteiger partial charge in [-0.25, -0.2) is 9.97 Å². The molecule has 1 atom stereocenters. The van der Waals surface area contributed by atoms with Crippen LogP contribution >= 0.6 is 11.6 Å². The highest BCUT2D eigenvalue weighted by Crippen LogP contribution is 2.29. The van der Waals surface area contributed by atoms with E-state index in [1.54, 1.807) is 6.20 Å². The first-order chi connectivity index (χ1) is 12.6. The molecular weight excluding hydrogens is 346 g/mol. The van der Waals surface area contributed by atoms with Gasteiger partial charge in [0.1, 0.15) is 11.0 Å². The number of halogens is 1. The number of carbonyl (C=O) groups is 1. The second-order valence-electron chi connectivity index (χ2n) is 6.51. The van der Waals surface area contributed by atoms with E-state index in [1.165, 1.54) is 11.1 Å². The average molecular weight is 368 g/mol. The molecule has 0 radical (unpaired) electrons. The summed E-state index contributed by atoms with van der Waals surface area (Å²) in [6.07, 6.45) is 5.30. The molecule has 26 heavy (non-hydrogen) atoms. The third kappa shape index (κ3) is 4.02. The van der Waals surface area contributed by atoms with E-state index in [0.717, 1.165) is 35.7 Å². The van der Waals surface area contributed by atoms with E-state index in [1.807, 2.05) is 24.3 Å². The fourth-order valence-corrected chi connectivity index (χ4v) is 3.51. The Morgan fingerprint density at radius 3 is 2.85 bits per heavy atom. The molecule has 0 aliphatic rings. The Bertz CT molecular complexity index is 926. The number of aromatic nitrogens is 2. The van der Waals surface area contributed by atoms with E-state index in [4.69, 9.17) is 11.6 Å². The average Bonchev–Trinajstić information content (AvgIpc) is 2.63. The lowest BCUT2D eigenvalue weighted by Crippen LogP contribution is -2.07. The minimum atomic E-state index is 0.222. The van der Waals surface area contributed by atoms with Gasteiger partial charge in [-0.15, -0.1) is 0 Å². The summed E-state index contributed by atoms with van der Waals surface area (Å²) in [7, 11) is 0. The summed E-state index contributed by atoms with van der Waals surface area (Å²) < 4.78 is 0. The van der Waals surface area contributed by atoms with Crippen LogP contribution in [0.25, 0.3) is 10.9 Å². The van der Waals surface area contributed by atoms with Crippen molar-refractivity contribution in [2.45, 2.75) is 39.0 Å². The monoisotopic (exact) mass is 367 g/mol. The highest BCUT2D eigenvalue weighted by Gasteiger charge is 2.15. The van der Waals surface area contributed by atoms with Gasteiger partial charge in [-0.05, 0) is 65.8 Å². The third-order valence-corrected chi connectivity index (χ3v) is 4.80. The summed E-state index contributed by atoms with van der Waals surface area (Å²) in [5.41, 5.74) is 4.57. The molecule has 2 heterocycles. The van der Waals surface area contributed by atoms with Gasteiger partial charge in [-0.2, -0.15) is 0 Å². The summed E-state index contributed by atoms with van der Waals surface area (Å²) in [4.78, 5) is 19.6. The standard InChI is InChI=1S/C21H22ClN3O/c1-3-5-15-12-19-16(7-8-20(22)25-19)11-17(15)10-14(2)18-6-4-9-23-21(18)24-13-26/h4,6-9,11-14H,3,5,10H2,1-2H3,(H,23,24,26). The highest BCUT2D eigenvalue weighted by molar-refractivity contribution is 6.29. The van der Waals surface area contributed by atoms with Gasteiger partial charge in [0.15, 0.2) is 0 Å². The molecule has 1 unspecified atom stereocenters. The number of amides is 1. The molecule has 3 rings (SSSR count). The number of hydrogen-bond donors (Lipinski definition) is 1. The van der Waals surface area contributed by atoms with Crippen molar-refractivity contribution in [2.75, 3.05) is 5.32 Å². The van der Waals surface area contributed by atoms with E-state index in [9.17, 15) is 4.79 Å². The van der Waals surface area contributed by atoms with Gasteiger partial charge in [-0.1, -0.05) is 37.9 Å². The van der Waals surface area contributed by atoms with Crippen molar-refractivity contribution in [1.82, 2.24) is 9.97 Å². The zero-order valence-electron chi connectivity index (χ0n) is 15.0. The van der Waals surface area contributed by atoms with Crippen molar-refractivity contribution in [1.29, 1.82) is 0 Å². The highest BCUT2D eigenvalue weighted by atomic mass is 35.5. The third-order valence-electron chi connectivity index (χ3n) is 4.59. The molecule has 5 heteroatoms. The van der Waals surface area contributed by atoms with Crippen molar-refractivity contribution >= 4 is 34.7 Å². The van der Waals surface area contributed by atoms with E-state index in [0.29, 0.717) is 17.4 Å². The van der Waals surface area contributed by atoms with Gasteiger partial charge < -0.3 is 5.32 Å². The summed E-state index contributed by atoms with van der Waals surface area (Å²) in [5, 5.41) is 4.31. The van der Waals surface area contributed by atoms with Crippen molar-refractivity contribution in [3.8, 4) is 0 Å². The number of pyridine rings is 2. The van der Waals surface area contributed by atoms with Crippen LogP contribution in [-0.4, -0.2) is 16.4 Å². The van der Waals surface area contributed by atoms with Gasteiger partial charge in [0, 0.05) is 11.6 Å². The van der Waals surface area contributed by atoms with Crippen molar-refractivity contribution < 1.29 is 4.79 Å². The zero-order chi connectivity index (χ0) is 18.5. The second kappa shape index (κ2) is 8.28. The number of anilines is 1. The molecule has 1 aromatic carbocycles. The molecule has 0 aliphatic heterocycles. The maximum Gasteiger partial charge on any atom is 0.212 e. The SMILES string of the molecule is CCCc1cc2nc(Cl)ccc2cc1CC(C)c1cccnc1NC=O. The van der Waals surface area contributed by atoms with E-state index in [-0.39, 0.29) is 5.92 Å². The van der Waals surface area contributed by atoms with Crippen LogP contribution in [0.4, 0.5) is 5.82 Å². The molecule has 0 saturated carbocycles. The molecule has 134 valence electrons. The lowest BCUT2D eigenvalue weighted by atomic mass is 9.89. The van der Waals surface area contributed by atoms with Gasteiger partial charge in [-0.3, -0.25) is 4.79 Å². The van der Waals surface area contributed by atoms with Crippen LogP contribution in [0.5, 0.6) is 0 Å². The van der Waals surface area contributed by atoms with Crippen LogP contribution < -0.4 is 5.32 Å². The Balaban J connectivity index is 1.97. The van der Waals surface area contributed by atoms with Crippen LogP contribution in [0.15, 0.2) is 42.6 Å². The molecule has 3 aromatic rings. The normalized spacial score (nSPS) is 12.1. The number of benzene rings is 1. The fourth-order valence-electron chi connectivity index (χ4n) is 3.36. The first-order valence-electron chi connectivity index (χ1n) is 8.85. The van der Waals surface area contributed by atoms with Gasteiger partial charge in [0.2, 0.25) is 6.41 Å². The quantitative estimate of drug-likeness (QED) is 0.464. The molecule has 1 amide bonds. The van der Waals surface area contributed by atoms with Crippen LogP contribution in [0.1, 0.15) is 42.9 Å². The molecule has 0 saturated heterocycles. The summed E-state index contributed by atoms with van der Waals surface area (Å²) >= 11 is 6.05. The van der Waals surface area contributed by atoms with E-state index >= 15 is 0 Å². The Kier molecular flexibility index (Phi) is 5.84. The number of rotatable bonds is 7. The van der Waals surface area contributed by atoms with Crippen LogP contribution in [0.2, 0.25) is 5.15 Å². The first-order valence-corrected chi connectivity index (χ1v) is 9.23. The van der Waals surface area contributed by atoms with Gasteiger partial charge >= 0.3 is 0 Å². The molecule has 0 bridgehead atoms. The van der Waals surface area contributed by atoms with Crippen LogP contribution in [0.3, 0.4) is 0 Å². The van der Waals surface area contributed by atoms with Gasteiger partial charge in [0.05, 0.1) is 5.52 Å². The first kappa shape index (κ1) is 18.3. The molecule has 1 N–H and O–H groups in total. The Labute approximate surface area is 158 Å². The Morgan fingerprint density at radius 2 is 2.08 bits per heavy atom. The predicted molar refractivity (Wildman–Crippen MR) is 107 cm³/mol. The number of hydrogen-bond acceptors (Lipinski definition) is 3. The lowest BCUT2D eigenvalue weighted by molar-refractivity contribution is -0.105. The van der Waals surface area contributed by atoms with Crippen molar-refractivity contribution in [3.63, 3.8) is 0 Å². The molecule has 2 aromatic heterocycles. The summed E-state index contributed by atoms with van der Waals surface area (Å²) in [5.74, 6) is 0.848. The number of nitrogens with one attached hydrogen (secondary N) is 1. The molecule has 0 aliphatic carbocycles. The van der Waals surface area contributed by atoms with Crippen LogP contribution in [0, 0.1) is 0 Å². The van der Waals surface area contributed by atoms with Crippen molar-refractivity contribution in [3.05, 3.63) is 64.4 Å².